The number of nitrogens with one attached hydrogen (secondary N) is 1. The van der Waals surface area contributed by atoms with Crippen molar-refractivity contribution in [3.05, 3.63) is 39.7 Å². The Balaban J connectivity index is 1.91. The van der Waals surface area contributed by atoms with Gasteiger partial charge in [-0.15, -0.1) is 0 Å². The predicted octanol–water partition coefficient (Wildman–Crippen LogP) is 2.09. The molecule has 108 valence electrons. The predicted molar refractivity (Wildman–Crippen MR) is 73.0 cm³/mol. The van der Waals surface area contributed by atoms with Gasteiger partial charge < -0.3 is 5.32 Å². The lowest BCUT2D eigenvalue weighted by Gasteiger charge is -2.35. The van der Waals surface area contributed by atoms with Crippen LogP contribution in [-0.4, -0.2) is 36.0 Å². The van der Waals surface area contributed by atoms with Gasteiger partial charge in [0.25, 0.3) is 0 Å². The maximum absolute atomic E-state index is 13.5. The molecule has 0 amide bonds. The second-order valence-electron chi connectivity index (χ2n) is 5.54. The molecule has 1 aliphatic carbocycles. The summed E-state index contributed by atoms with van der Waals surface area (Å²) in [4.78, 5) is 12.6. The van der Waals surface area contributed by atoms with Crippen molar-refractivity contribution in [2.75, 3.05) is 26.2 Å². The zero-order chi connectivity index (χ0) is 14.1. The minimum atomic E-state index is -0.756. The van der Waals surface area contributed by atoms with Crippen LogP contribution in [0.15, 0.2) is 18.2 Å². The summed E-state index contributed by atoms with van der Waals surface area (Å²) in [7, 11) is 0. The molecule has 0 unspecified atom stereocenters. The van der Waals surface area contributed by atoms with Gasteiger partial charge in [-0.2, -0.15) is 4.39 Å². The highest BCUT2D eigenvalue weighted by atomic mass is 19.1. The number of piperazine rings is 1. The molecule has 6 heteroatoms. The number of hydrogen-bond acceptors (Lipinski definition) is 4. The smallest absolute Gasteiger partial charge is 0.305 e. The summed E-state index contributed by atoms with van der Waals surface area (Å²) >= 11 is 0. The molecule has 5 nitrogen and oxygen atoms in total. The summed E-state index contributed by atoms with van der Waals surface area (Å²) in [6, 6.07) is 4.54. The van der Waals surface area contributed by atoms with Crippen molar-refractivity contribution in [3.8, 4) is 0 Å². The van der Waals surface area contributed by atoms with E-state index in [0.717, 1.165) is 44.6 Å². The van der Waals surface area contributed by atoms with Crippen LogP contribution in [0.4, 0.5) is 10.1 Å². The van der Waals surface area contributed by atoms with Crippen LogP contribution in [0.2, 0.25) is 0 Å². The maximum Gasteiger partial charge on any atom is 0.305 e. The average Bonchev–Trinajstić information content (AvgIpc) is 3.26. The van der Waals surface area contributed by atoms with Crippen molar-refractivity contribution in [2.45, 2.75) is 18.9 Å². The fourth-order valence-corrected chi connectivity index (χ4v) is 3.01. The van der Waals surface area contributed by atoms with Crippen LogP contribution in [0.5, 0.6) is 0 Å². The van der Waals surface area contributed by atoms with E-state index in [1.54, 1.807) is 6.07 Å². The third kappa shape index (κ3) is 2.66. The molecule has 1 N–H and O–H groups in total. The summed E-state index contributed by atoms with van der Waals surface area (Å²) in [5.41, 5.74) is 0.464. The number of hydrogen-bond donors (Lipinski definition) is 1. The van der Waals surface area contributed by atoms with Gasteiger partial charge in [0.2, 0.25) is 5.82 Å². The van der Waals surface area contributed by atoms with Crippen LogP contribution in [0, 0.1) is 21.8 Å². The molecular weight excluding hydrogens is 261 g/mol. The van der Waals surface area contributed by atoms with Crippen LogP contribution in [0.1, 0.15) is 24.4 Å². The highest BCUT2D eigenvalue weighted by Crippen LogP contribution is 2.45. The number of halogens is 1. The van der Waals surface area contributed by atoms with Gasteiger partial charge in [-0.1, -0.05) is 6.07 Å². The van der Waals surface area contributed by atoms with Gasteiger partial charge in [0.1, 0.15) is 0 Å². The standard InChI is InChI=1S/C14H18FN3O2/c15-12-4-3-11(9-13(12)18(19)20)14(10-1-2-10)17-7-5-16-6-8-17/h3-4,9-10,14,16H,1-2,5-8H2/t14-/m1/s1. The molecular formula is C14H18FN3O2. The minimum Gasteiger partial charge on any atom is -0.314 e. The van der Waals surface area contributed by atoms with E-state index < -0.39 is 16.4 Å². The summed E-state index contributed by atoms with van der Waals surface area (Å²) < 4.78 is 13.5. The molecule has 1 saturated carbocycles. The van der Waals surface area contributed by atoms with E-state index in [9.17, 15) is 14.5 Å². The van der Waals surface area contributed by atoms with E-state index in [1.807, 2.05) is 0 Å². The topological polar surface area (TPSA) is 58.4 Å². The molecule has 0 bridgehead atoms. The molecule has 1 aromatic rings. The largest absolute Gasteiger partial charge is 0.314 e. The SMILES string of the molecule is O=[N+]([O-])c1cc([C@@H](C2CC2)N2CCNCC2)ccc1F. The lowest BCUT2D eigenvalue weighted by Crippen LogP contribution is -2.45. The Morgan fingerprint density at radius 3 is 2.65 bits per heavy atom. The second kappa shape index (κ2) is 5.46. The number of nitrogens with zero attached hydrogens (tertiary/aromatic N) is 2. The van der Waals surface area contributed by atoms with E-state index in [-0.39, 0.29) is 6.04 Å². The van der Waals surface area contributed by atoms with Gasteiger partial charge in [0, 0.05) is 38.3 Å². The van der Waals surface area contributed by atoms with Crippen molar-refractivity contribution in [1.29, 1.82) is 0 Å². The van der Waals surface area contributed by atoms with Crippen molar-refractivity contribution in [1.82, 2.24) is 10.2 Å². The summed E-state index contributed by atoms with van der Waals surface area (Å²) in [5.74, 6) is -0.202. The van der Waals surface area contributed by atoms with Crippen molar-refractivity contribution >= 4 is 5.69 Å². The van der Waals surface area contributed by atoms with Crippen LogP contribution in [0.3, 0.4) is 0 Å². The molecule has 3 rings (SSSR count). The molecule has 1 aromatic carbocycles. The van der Waals surface area contributed by atoms with Crippen molar-refractivity contribution < 1.29 is 9.31 Å². The van der Waals surface area contributed by atoms with Crippen LogP contribution < -0.4 is 5.32 Å². The molecule has 20 heavy (non-hydrogen) atoms. The molecule has 0 spiro atoms. The van der Waals surface area contributed by atoms with Gasteiger partial charge in [-0.3, -0.25) is 15.0 Å². The zero-order valence-electron chi connectivity index (χ0n) is 11.2. The number of nitro groups is 1. The first-order chi connectivity index (χ1) is 9.66. The number of rotatable bonds is 4. The Bertz CT molecular complexity index is 513. The fourth-order valence-electron chi connectivity index (χ4n) is 3.01. The third-order valence-electron chi connectivity index (χ3n) is 4.12. The first-order valence-corrected chi connectivity index (χ1v) is 7.05. The molecule has 2 fully saturated rings. The maximum atomic E-state index is 13.5. The Labute approximate surface area is 116 Å². The Hall–Kier alpha value is -1.53. The van der Waals surface area contributed by atoms with E-state index in [1.165, 1.54) is 12.1 Å². The number of nitro benzene ring substituents is 1. The lowest BCUT2D eigenvalue weighted by molar-refractivity contribution is -0.387. The zero-order valence-corrected chi connectivity index (χ0v) is 11.2. The Morgan fingerprint density at radius 2 is 2.05 bits per heavy atom. The van der Waals surface area contributed by atoms with Gasteiger partial charge in [-0.05, 0) is 30.4 Å². The Morgan fingerprint density at radius 1 is 1.35 bits per heavy atom. The molecule has 1 aliphatic heterocycles. The van der Waals surface area contributed by atoms with Crippen LogP contribution >= 0.6 is 0 Å². The monoisotopic (exact) mass is 279 g/mol. The lowest BCUT2D eigenvalue weighted by atomic mass is 9.99. The number of benzene rings is 1. The molecule has 1 saturated heterocycles. The minimum absolute atomic E-state index is 0.191. The van der Waals surface area contributed by atoms with E-state index >= 15 is 0 Å². The van der Waals surface area contributed by atoms with Gasteiger partial charge >= 0.3 is 5.69 Å². The van der Waals surface area contributed by atoms with Gasteiger partial charge in [0.05, 0.1) is 4.92 Å². The van der Waals surface area contributed by atoms with Gasteiger partial charge in [0.15, 0.2) is 0 Å². The molecule has 0 radical (unpaired) electrons. The average molecular weight is 279 g/mol. The van der Waals surface area contributed by atoms with E-state index in [2.05, 4.69) is 10.2 Å². The normalized spacial score (nSPS) is 21.6. The highest BCUT2D eigenvalue weighted by molar-refractivity contribution is 5.38. The molecule has 1 heterocycles. The Kier molecular flexibility index (Phi) is 3.67. The van der Waals surface area contributed by atoms with Gasteiger partial charge in [-0.25, -0.2) is 0 Å². The van der Waals surface area contributed by atoms with Crippen molar-refractivity contribution in [2.24, 2.45) is 5.92 Å². The quantitative estimate of drug-likeness (QED) is 0.677. The van der Waals surface area contributed by atoms with Crippen LogP contribution in [0.25, 0.3) is 0 Å². The fraction of sp³-hybridized carbons (Fsp3) is 0.571. The first kappa shape index (κ1) is 13.5. The third-order valence-corrected chi connectivity index (χ3v) is 4.12. The first-order valence-electron chi connectivity index (χ1n) is 7.05. The molecule has 0 aromatic heterocycles. The summed E-state index contributed by atoms with van der Waals surface area (Å²) in [6.45, 7) is 3.75. The summed E-state index contributed by atoms with van der Waals surface area (Å²) in [6.07, 6.45) is 2.31. The second-order valence-corrected chi connectivity index (χ2v) is 5.54. The van der Waals surface area contributed by atoms with E-state index in [0.29, 0.717) is 5.92 Å². The highest BCUT2D eigenvalue weighted by Gasteiger charge is 2.37. The summed E-state index contributed by atoms with van der Waals surface area (Å²) in [5, 5.41) is 14.2. The van der Waals surface area contributed by atoms with Crippen LogP contribution in [-0.2, 0) is 0 Å². The molecule has 2 aliphatic rings. The van der Waals surface area contributed by atoms with E-state index in [4.69, 9.17) is 0 Å². The molecule has 1 atom stereocenters. The van der Waals surface area contributed by atoms with Crippen molar-refractivity contribution in [3.63, 3.8) is 0 Å².